The van der Waals surface area contributed by atoms with E-state index in [1.54, 1.807) is 13.2 Å². The van der Waals surface area contributed by atoms with Crippen LogP contribution in [0.15, 0.2) is 84.9 Å². The van der Waals surface area contributed by atoms with Gasteiger partial charge in [-0.15, -0.1) is 0 Å². The Morgan fingerprint density at radius 3 is 2.24 bits per heavy atom. The van der Waals surface area contributed by atoms with Gasteiger partial charge in [-0.1, -0.05) is 80.3 Å². The number of rotatable bonds is 11. The molecule has 3 aromatic rings. The van der Waals surface area contributed by atoms with Gasteiger partial charge in [0.25, 0.3) is 0 Å². The summed E-state index contributed by atoms with van der Waals surface area (Å²) in [5, 5.41) is 10.6. The van der Waals surface area contributed by atoms with Crippen molar-refractivity contribution in [1.29, 1.82) is 0 Å². The molecule has 0 fully saturated rings. The second kappa shape index (κ2) is 11.6. The van der Waals surface area contributed by atoms with Crippen molar-refractivity contribution < 1.29 is 23.0 Å². The highest BCUT2D eigenvalue weighted by Crippen LogP contribution is 2.38. The topological polar surface area (TPSA) is 79.3 Å². The molecule has 9 heteroatoms. The van der Waals surface area contributed by atoms with Crippen LogP contribution in [0.25, 0.3) is 0 Å². The molecule has 202 valence electrons. The van der Waals surface area contributed by atoms with Crippen LogP contribution in [0, 0.1) is 0 Å². The summed E-state index contributed by atoms with van der Waals surface area (Å²) in [6.07, 6.45) is 1.90. The van der Waals surface area contributed by atoms with E-state index in [1.807, 2.05) is 60.7 Å². The molecule has 1 aliphatic heterocycles. The number of hydrogen-bond donors (Lipinski definition) is 1. The first-order valence-electron chi connectivity index (χ1n) is 12.7. The first-order valence-corrected chi connectivity index (χ1v) is 17.8. The fraction of sp³-hybridized carbons (Fsp3) is 0.310. The lowest BCUT2D eigenvalue weighted by molar-refractivity contribution is 0.184. The Morgan fingerprint density at radius 2 is 1.55 bits per heavy atom. The predicted molar refractivity (Wildman–Crippen MR) is 154 cm³/mol. The number of nitrogens with zero attached hydrogens (tertiary/aromatic N) is 2. The van der Waals surface area contributed by atoms with Crippen molar-refractivity contribution in [2.45, 2.75) is 45.3 Å². The number of methoxy groups -OCH3 is 1. The van der Waals surface area contributed by atoms with Crippen molar-refractivity contribution in [3.63, 3.8) is 0 Å². The predicted octanol–water partition coefficient (Wildman–Crippen LogP) is 6.06. The summed E-state index contributed by atoms with van der Waals surface area (Å²) in [7, 11) is -3.85. The molecule has 0 unspecified atom stereocenters. The van der Waals surface area contributed by atoms with Gasteiger partial charge in [0.2, 0.25) is 5.88 Å². The second-order valence-corrected chi connectivity index (χ2v) is 18.0. The standard InChI is InChI=1S/C29H36N2O5SSi/c1-35-22-26-13-9-8-12-25(26)18-24-14-15-27(28(19-24)36-21-23-10-6-5-7-11-23)31-20-29(32)30(37(31,33)34)16-17-38(2,3)4/h5-15,19-20,32H,16-18,21-22H2,1-4H3. The van der Waals surface area contributed by atoms with Crippen LogP contribution in [0.4, 0.5) is 5.69 Å². The second-order valence-electron chi connectivity index (χ2n) is 10.6. The molecule has 1 N–H and O–H groups in total. The normalized spacial score (nSPS) is 15.0. The van der Waals surface area contributed by atoms with Crippen LogP contribution in [0.2, 0.25) is 25.7 Å². The molecule has 1 heterocycles. The van der Waals surface area contributed by atoms with Gasteiger partial charge < -0.3 is 14.6 Å². The zero-order valence-corrected chi connectivity index (χ0v) is 24.2. The van der Waals surface area contributed by atoms with Gasteiger partial charge in [0.05, 0.1) is 12.8 Å². The van der Waals surface area contributed by atoms with Crippen LogP contribution < -0.4 is 9.04 Å². The fourth-order valence-corrected chi connectivity index (χ4v) is 6.77. The number of anilines is 1. The number of hydrogen-bond acceptors (Lipinski definition) is 5. The minimum absolute atomic E-state index is 0.242. The number of benzene rings is 3. The number of aliphatic hydroxyl groups is 1. The Hall–Kier alpha value is -3.27. The van der Waals surface area contributed by atoms with Crippen molar-refractivity contribution in [2.24, 2.45) is 0 Å². The van der Waals surface area contributed by atoms with Gasteiger partial charge in [0.1, 0.15) is 18.0 Å². The monoisotopic (exact) mass is 552 g/mol. The van der Waals surface area contributed by atoms with Gasteiger partial charge in [0, 0.05) is 21.7 Å². The molecule has 0 amide bonds. The molecule has 1 aliphatic rings. The highest BCUT2D eigenvalue weighted by molar-refractivity contribution is 7.91. The molecule has 0 saturated heterocycles. The van der Waals surface area contributed by atoms with Gasteiger partial charge in [-0.2, -0.15) is 8.42 Å². The zero-order chi connectivity index (χ0) is 27.3. The van der Waals surface area contributed by atoms with E-state index < -0.39 is 18.3 Å². The molecule has 3 aromatic carbocycles. The summed E-state index contributed by atoms with van der Waals surface area (Å²) >= 11 is 0. The third-order valence-corrected chi connectivity index (χ3v) is 9.84. The van der Waals surface area contributed by atoms with E-state index in [4.69, 9.17) is 9.47 Å². The summed E-state index contributed by atoms with van der Waals surface area (Å²) in [6, 6.07) is 24.1. The molecular weight excluding hydrogens is 516 g/mol. The third-order valence-electron chi connectivity index (χ3n) is 6.39. The summed E-state index contributed by atoms with van der Waals surface area (Å²) in [6.45, 7) is 7.55. The maximum absolute atomic E-state index is 13.5. The maximum Gasteiger partial charge on any atom is 0.332 e. The van der Waals surface area contributed by atoms with Gasteiger partial charge in [0.15, 0.2) is 0 Å². The van der Waals surface area contributed by atoms with Gasteiger partial charge in [-0.25, -0.2) is 8.61 Å². The van der Waals surface area contributed by atoms with Crippen molar-refractivity contribution in [1.82, 2.24) is 4.31 Å². The van der Waals surface area contributed by atoms with Crippen molar-refractivity contribution in [2.75, 3.05) is 18.0 Å². The minimum atomic E-state index is -3.99. The number of ether oxygens (including phenoxy) is 2. The molecule has 0 atom stereocenters. The van der Waals surface area contributed by atoms with Gasteiger partial charge >= 0.3 is 10.2 Å². The van der Waals surface area contributed by atoms with E-state index in [0.717, 1.165) is 36.9 Å². The lowest BCUT2D eigenvalue weighted by Crippen LogP contribution is -2.37. The van der Waals surface area contributed by atoms with E-state index in [-0.39, 0.29) is 19.0 Å². The summed E-state index contributed by atoms with van der Waals surface area (Å²) < 4.78 is 40.8. The Balaban J connectivity index is 1.67. The van der Waals surface area contributed by atoms with Crippen LogP contribution in [-0.2, 0) is 34.6 Å². The summed E-state index contributed by atoms with van der Waals surface area (Å²) in [4.78, 5) is 0. The minimum Gasteiger partial charge on any atom is -0.493 e. The first-order chi connectivity index (χ1) is 18.1. The molecule has 0 aromatic heterocycles. The maximum atomic E-state index is 13.5. The van der Waals surface area contributed by atoms with Crippen LogP contribution in [-0.4, -0.2) is 39.6 Å². The Morgan fingerprint density at radius 1 is 0.868 bits per heavy atom. The molecule has 7 nitrogen and oxygen atoms in total. The quantitative estimate of drug-likeness (QED) is 0.292. The largest absolute Gasteiger partial charge is 0.493 e. The molecule has 0 saturated carbocycles. The Labute approximate surface area is 227 Å². The average molecular weight is 553 g/mol. The van der Waals surface area contributed by atoms with E-state index in [0.29, 0.717) is 24.5 Å². The molecule has 0 aliphatic carbocycles. The Bertz CT molecular complexity index is 1390. The molecule has 38 heavy (non-hydrogen) atoms. The molecule has 4 rings (SSSR count). The van der Waals surface area contributed by atoms with Gasteiger partial charge in [-0.05, 0) is 46.9 Å². The van der Waals surface area contributed by atoms with E-state index in [2.05, 4.69) is 25.7 Å². The van der Waals surface area contributed by atoms with E-state index in [1.165, 1.54) is 6.20 Å². The smallest absolute Gasteiger partial charge is 0.332 e. The number of aliphatic hydroxyl groups excluding tert-OH is 1. The van der Waals surface area contributed by atoms with E-state index >= 15 is 0 Å². The third kappa shape index (κ3) is 6.59. The average Bonchev–Trinajstić information content (AvgIpc) is 3.10. The zero-order valence-electron chi connectivity index (χ0n) is 22.4. The Kier molecular flexibility index (Phi) is 8.50. The van der Waals surface area contributed by atoms with Crippen molar-refractivity contribution in [3.05, 3.63) is 107 Å². The SMILES string of the molecule is COCc1ccccc1Cc1ccc(N2C=C(O)N(CC[Si](C)(C)C)S2(=O)=O)c(OCc2ccccc2)c1. The lowest BCUT2D eigenvalue weighted by Gasteiger charge is -2.25. The highest BCUT2D eigenvalue weighted by atomic mass is 32.2. The highest BCUT2D eigenvalue weighted by Gasteiger charge is 2.39. The van der Waals surface area contributed by atoms with Crippen molar-refractivity contribution in [3.8, 4) is 5.75 Å². The van der Waals surface area contributed by atoms with Crippen LogP contribution in [0.3, 0.4) is 0 Å². The van der Waals surface area contributed by atoms with Crippen LogP contribution in [0.5, 0.6) is 5.75 Å². The summed E-state index contributed by atoms with van der Waals surface area (Å²) in [5.74, 6) is 0.144. The molecule has 0 spiro atoms. The van der Waals surface area contributed by atoms with Crippen molar-refractivity contribution >= 4 is 24.0 Å². The molecular formula is C29H36N2O5SSi. The fourth-order valence-electron chi connectivity index (χ4n) is 4.27. The van der Waals surface area contributed by atoms with Crippen LogP contribution in [0.1, 0.15) is 22.3 Å². The van der Waals surface area contributed by atoms with Crippen LogP contribution >= 0.6 is 0 Å². The molecule has 0 radical (unpaired) electrons. The van der Waals surface area contributed by atoms with Gasteiger partial charge in [-0.3, -0.25) is 0 Å². The molecule has 0 bridgehead atoms. The summed E-state index contributed by atoms with van der Waals surface area (Å²) in [5.41, 5.74) is 4.52. The van der Waals surface area contributed by atoms with E-state index in [9.17, 15) is 13.5 Å². The first kappa shape index (κ1) is 27.8. The lowest BCUT2D eigenvalue weighted by atomic mass is 9.99.